The standard InChI is InChI=1S/C34H39N3O4/c1-4-35-34(39)36-30-11-7-10-29(19-30)33-40-31(20-32(41-33)26-14-12-24(22-38)13-15-26)21-37(3)23(2)27-17-16-25-8-5-6-9-28(25)18-27/h5-19,23,31-33,38H,4,20-22H2,1-3H3,(H2,35,36,39). The smallest absolute Gasteiger partial charge is 0.319 e. The minimum Gasteiger partial charge on any atom is -0.392 e. The van der Waals surface area contributed by atoms with Crippen LogP contribution in [0.2, 0.25) is 0 Å². The molecule has 2 amide bonds. The predicted molar refractivity (Wildman–Crippen MR) is 163 cm³/mol. The largest absolute Gasteiger partial charge is 0.392 e. The SMILES string of the molecule is CCNC(=O)Nc1cccc(C2OC(CN(C)C(C)c3ccc4ccccc4c3)CC(c3ccc(CO)cc3)O2)c1. The maximum absolute atomic E-state index is 12.1. The van der Waals surface area contributed by atoms with Crippen LogP contribution in [-0.2, 0) is 16.1 Å². The van der Waals surface area contributed by atoms with Crippen molar-refractivity contribution in [2.75, 3.05) is 25.5 Å². The van der Waals surface area contributed by atoms with E-state index >= 15 is 0 Å². The number of hydrogen-bond donors (Lipinski definition) is 3. The molecule has 4 aromatic rings. The molecule has 1 aliphatic rings. The molecule has 0 bridgehead atoms. The van der Waals surface area contributed by atoms with Crippen LogP contribution in [-0.4, -0.2) is 42.3 Å². The fourth-order valence-electron chi connectivity index (χ4n) is 5.33. The van der Waals surface area contributed by atoms with Gasteiger partial charge in [0.15, 0.2) is 6.29 Å². The topological polar surface area (TPSA) is 83.1 Å². The Balaban J connectivity index is 1.36. The number of fused-ring (bicyclic) bond motifs is 1. The van der Waals surface area contributed by atoms with Gasteiger partial charge in [-0.3, -0.25) is 4.90 Å². The third kappa shape index (κ3) is 7.13. The number of carbonyl (C=O) groups is 1. The normalized spacial score (nSPS) is 19.7. The Morgan fingerprint density at radius 2 is 1.73 bits per heavy atom. The molecule has 41 heavy (non-hydrogen) atoms. The van der Waals surface area contributed by atoms with E-state index in [1.54, 1.807) is 0 Å². The van der Waals surface area contributed by atoms with E-state index in [0.29, 0.717) is 18.7 Å². The van der Waals surface area contributed by atoms with Crippen LogP contribution in [0.1, 0.15) is 61.0 Å². The van der Waals surface area contributed by atoms with Gasteiger partial charge in [-0.1, -0.05) is 72.8 Å². The zero-order valence-electron chi connectivity index (χ0n) is 23.9. The lowest BCUT2D eigenvalue weighted by molar-refractivity contribution is -0.253. The first-order chi connectivity index (χ1) is 19.9. The first-order valence-electron chi connectivity index (χ1n) is 14.3. The highest BCUT2D eigenvalue weighted by Crippen LogP contribution is 2.39. The number of likely N-dealkylation sites (N-methyl/N-ethyl adjacent to an activating group) is 1. The molecular formula is C34H39N3O4. The van der Waals surface area contributed by atoms with Crippen LogP contribution in [0.5, 0.6) is 0 Å². The summed E-state index contributed by atoms with van der Waals surface area (Å²) < 4.78 is 13.1. The van der Waals surface area contributed by atoms with Gasteiger partial charge in [-0.05, 0) is 66.6 Å². The Morgan fingerprint density at radius 1 is 0.951 bits per heavy atom. The Labute approximate surface area is 242 Å². The van der Waals surface area contributed by atoms with Gasteiger partial charge in [-0.2, -0.15) is 0 Å². The summed E-state index contributed by atoms with van der Waals surface area (Å²) in [6.07, 6.45) is -0.183. The number of aliphatic hydroxyl groups is 1. The van der Waals surface area contributed by atoms with Gasteiger partial charge in [-0.25, -0.2) is 4.79 Å². The average molecular weight is 554 g/mol. The second kappa shape index (κ2) is 13.3. The molecule has 1 heterocycles. The average Bonchev–Trinajstić information content (AvgIpc) is 3.00. The van der Waals surface area contributed by atoms with Crippen molar-refractivity contribution in [2.45, 2.75) is 51.4 Å². The van der Waals surface area contributed by atoms with Crippen molar-refractivity contribution in [3.05, 3.63) is 113 Å². The van der Waals surface area contributed by atoms with E-state index in [2.05, 4.69) is 72.0 Å². The zero-order chi connectivity index (χ0) is 28.8. The summed E-state index contributed by atoms with van der Waals surface area (Å²) in [4.78, 5) is 14.4. The molecule has 3 N–H and O–H groups in total. The number of amides is 2. The third-order valence-corrected chi connectivity index (χ3v) is 7.78. The molecule has 4 aromatic carbocycles. The predicted octanol–water partition coefficient (Wildman–Crippen LogP) is 6.71. The fourth-order valence-corrected chi connectivity index (χ4v) is 5.33. The Kier molecular flexibility index (Phi) is 9.31. The lowest BCUT2D eigenvalue weighted by Gasteiger charge is -2.39. The number of aliphatic hydroxyl groups excluding tert-OH is 1. The van der Waals surface area contributed by atoms with E-state index in [0.717, 1.165) is 23.2 Å². The highest BCUT2D eigenvalue weighted by Gasteiger charge is 2.33. The molecule has 0 spiro atoms. The summed E-state index contributed by atoms with van der Waals surface area (Å²) in [7, 11) is 2.13. The van der Waals surface area contributed by atoms with E-state index in [1.165, 1.54) is 16.3 Å². The van der Waals surface area contributed by atoms with Crippen molar-refractivity contribution in [2.24, 2.45) is 0 Å². The van der Waals surface area contributed by atoms with Crippen LogP contribution >= 0.6 is 0 Å². The number of hydrogen-bond acceptors (Lipinski definition) is 5. The van der Waals surface area contributed by atoms with Crippen LogP contribution in [0.3, 0.4) is 0 Å². The minimum atomic E-state index is -0.600. The number of benzene rings is 4. The quantitative estimate of drug-likeness (QED) is 0.215. The molecule has 0 radical (unpaired) electrons. The van der Waals surface area contributed by atoms with Crippen LogP contribution < -0.4 is 10.6 Å². The Bertz CT molecular complexity index is 1460. The molecule has 1 aliphatic heterocycles. The number of carbonyl (C=O) groups excluding carboxylic acids is 1. The highest BCUT2D eigenvalue weighted by atomic mass is 16.7. The lowest BCUT2D eigenvalue weighted by Crippen LogP contribution is -2.38. The van der Waals surface area contributed by atoms with Gasteiger partial charge in [0.25, 0.3) is 0 Å². The highest BCUT2D eigenvalue weighted by molar-refractivity contribution is 5.89. The van der Waals surface area contributed by atoms with Gasteiger partial charge < -0.3 is 25.2 Å². The van der Waals surface area contributed by atoms with Crippen LogP contribution in [0.15, 0.2) is 91.0 Å². The molecule has 5 rings (SSSR count). The van der Waals surface area contributed by atoms with Gasteiger partial charge in [0.1, 0.15) is 0 Å². The number of nitrogens with one attached hydrogen (secondary N) is 2. The van der Waals surface area contributed by atoms with E-state index in [4.69, 9.17) is 9.47 Å². The second-order valence-electron chi connectivity index (χ2n) is 10.7. The first kappa shape index (κ1) is 28.8. The van der Waals surface area contributed by atoms with E-state index in [-0.39, 0.29) is 30.9 Å². The number of rotatable bonds is 9. The molecular weight excluding hydrogens is 514 g/mol. The van der Waals surface area contributed by atoms with Crippen LogP contribution in [0.25, 0.3) is 10.8 Å². The molecule has 1 saturated heterocycles. The Hall–Kier alpha value is -3.75. The maximum Gasteiger partial charge on any atom is 0.319 e. The molecule has 0 aromatic heterocycles. The maximum atomic E-state index is 12.1. The second-order valence-corrected chi connectivity index (χ2v) is 10.7. The van der Waals surface area contributed by atoms with Crippen LogP contribution in [0.4, 0.5) is 10.5 Å². The van der Waals surface area contributed by atoms with Crippen molar-refractivity contribution >= 4 is 22.5 Å². The van der Waals surface area contributed by atoms with Gasteiger partial charge in [0.2, 0.25) is 0 Å². The van der Waals surface area contributed by atoms with E-state index < -0.39 is 6.29 Å². The summed E-state index contributed by atoms with van der Waals surface area (Å²) >= 11 is 0. The third-order valence-electron chi connectivity index (χ3n) is 7.78. The summed E-state index contributed by atoms with van der Waals surface area (Å²) in [6, 6.07) is 30.5. The van der Waals surface area contributed by atoms with Gasteiger partial charge in [0, 0.05) is 36.8 Å². The van der Waals surface area contributed by atoms with E-state index in [9.17, 15) is 9.90 Å². The summed E-state index contributed by atoms with van der Waals surface area (Å²) in [5, 5.41) is 17.6. The molecule has 0 saturated carbocycles. The molecule has 214 valence electrons. The summed E-state index contributed by atoms with van der Waals surface area (Å²) in [5.41, 5.74) is 4.68. The van der Waals surface area contributed by atoms with Crippen LogP contribution in [0, 0.1) is 0 Å². The van der Waals surface area contributed by atoms with Crippen molar-refractivity contribution < 1.29 is 19.4 Å². The zero-order valence-corrected chi connectivity index (χ0v) is 23.9. The molecule has 7 nitrogen and oxygen atoms in total. The Morgan fingerprint density at radius 3 is 2.49 bits per heavy atom. The van der Waals surface area contributed by atoms with Gasteiger partial charge in [0.05, 0.1) is 18.8 Å². The first-order valence-corrected chi connectivity index (χ1v) is 14.3. The lowest BCUT2D eigenvalue weighted by atomic mass is 9.98. The summed E-state index contributed by atoms with van der Waals surface area (Å²) in [6.45, 7) is 5.37. The number of anilines is 1. The summed E-state index contributed by atoms with van der Waals surface area (Å²) in [5.74, 6) is 0. The number of ether oxygens (including phenoxy) is 2. The molecule has 1 fully saturated rings. The molecule has 4 atom stereocenters. The fraction of sp³-hybridized carbons (Fsp3) is 0.324. The number of nitrogens with zero attached hydrogens (tertiary/aromatic N) is 1. The van der Waals surface area contributed by atoms with Crippen molar-refractivity contribution in [1.29, 1.82) is 0 Å². The van der Waals surface area contributed by atoms with Crippen molar-refractivity contribution in [1.82, 2.24) is 10.2 Å². The van der Waals surface area contributed by atoms with Crippen molar-refractivity contribution in [3.63, 3.8) is 0 Å². The monoisotopic (exact) mass is 553 g/mol. The van der Waals surface area contributed by atoms with Gasteiger partial charge >= 0.3 is 6.03 Å². The van der Waals surface area contributed by atoms with E-state index in [1.807, 2.05) is 55.5 Å². The molecule has 0 aliphatic carbocycles. The molecule has 7 heteroatoms. The van der Waals surface area contributed by atoms with Crippen molar-refractivity contribution in [3.8, 4) is 0 Å². The molecule has 4 unspecified atom stereocenters. The minimum absolute atomic E-state index is 0.00300. The van der Waals surface area contributed by atoms with Gasteiger partial charge in [-0.15, -0.1) is 0 Å². The number of urea groups is 1.